The van der Waals surface area contributed by atoms with Crippen molar-refractivity contribution in [3.05, 3.63) is 191 Å². The van der Waals surface area contributed by atoms with Gasteiger partial charge in [-0.05, 0) is 113 Å². The number of aryl methyl sites for hydroxylation is 1. The van der Waals surface area contributed by atoms with Crippen LogP contribution in [0.1, 0.15) is 65.5 Å². The second-order valence-electron chi connectivity index (χ2n) is 14.2. The van der Waals surface area contributed by atoms with Crippen molar-refractivity contribution in [2.24, 2.45) is 0 Å². The number of nitrogens with zero attached hydrogens (tertiary/aromatic N) is 1. The minimum absolute atomic E-state index is 0.206. The average molecular weight is 666 g/mol. The van der Waals surface area contributed by atoms with Crippen LogP contribution in [0.3, 0.4) is 0 Å². The standard InChI is InChI=1S/C48H43NS/c1-33-31-43-40(36-17-7-4-8-18-36)24-15-25-41(43)47(33)50(38-20-9-5-10-21-38,39-22-11-6-12-23-39)48-34(2)32-44-42(48)26-16-28-46(44)49-35(3)29-30-37-19-13-14-27-45(37)49/h4-28,31-32,35,47-48H,29-30H2,1-3H3. The molecule has 0 saturated carbocycles. The lowest BCUT2D eigenvalue weighted by Gasteiger charge is -2.52. The topological polar surface area (TPSA) is 3.24 Å². The van der Waals surface area contributed by atoms with Gasteiger partial charge >= 0.3 is 0 Å². The Labute approximate surface area is 299 Å². The number of para-hydroxylation sites is 1. The molecule has 9 rings (SSSR count). The van der Waals surface area contributed by atoms with Gasteiger partial charge in [0.2, 0.25) is 0 Å². The highest BCUT2D eigenvalue weighted by Crippen LogP contribution is 2.83. The summed E-state index contributed by atoms with van der Waals surface area (Å²) in [5, 5.41) is 0.417. The van der Waals surface area contributed by atoms with Crippen LogP contribution in [0, 0.1) is 0 Å². The van der Waals surface area contributed by atoms with E-state index in [-0.39, 0.29) is 10.5 Å². The minimum Gasteiger partial charge on any atom is -0.338 e. The van der Waals surface area contributed by atoms with E-state index in [1.54, 1.807) is 0 Å². The van der Waals surface area contributed by atoms with E-state index in [9.17, 15) is 0 Å². The van der Waals surface area contributed by atoms with E-state index in [4.69, 9.17) is 0 Å². The van der Waals surface area contributed by atoms with Crippen molar-refractivity contribution < 1.29 is 0 Å². The van der Waals surface area contributed by atoms with Crippen molar-refractivity contribution in [2.45, 2.75) is 59.9 Å². The highest BCUT2D eigenvalue weighted by Gasteiger charge is 2.50. The molecule has 1 heterocycles. The number of hydrogen-bond donors (Lipinski definition) is 0. The molecule has 6 aromatic rings. The number of benzene rings is 6. The van der Waals surface area contributed by atoms with Crippen LogP contribution in [0.25, 0.3) is 23.3 Å². The Hall–Kier alpha value is -5.05. The Balaban J connectivity index is 1.32. The number of rotatable bonds is 6. The first-order valence-corrected chi connectivity index (χ1v) is 19.8. The lowest BCUT2D eigenvalue weighted by Crippen LogP contribution is -2.33. The van der Waals surface area contributed by atoms with Crippen LogP contribution in [0.15, 0.2) is 173 Å². The molecular formula is C48H43NS. The molecule has 0 radical (unpaired) electrons. The van der Waals surface area contributed by atoms with E-state index in [1.807, 2.05) is 0 Å². The second kappa shape index (κ2) is 12.4. The van der Waals surface area contributed by atoms with Gasteiger partial charge in [0, 0.05) is 33.5 Å². The zero-order valence-electron chi connectivity index (χ0n) is 29.1. The van der Waals surface area contributed by atoms with Gasteiger partial charge in [-0.1, -0.05) is 139 Å². The van der Waals surface area contributed by atoms with Crippen LogP contribution < -0.4 is 4.90 Å². The lowest BCUT2D eigenvalue weighted by molar-refractivity contribution is 0.618. The fourth-order valence-electron chi connectivity index (χ4n) is 9.26. The molecule has 0 saturated heterocycles. The molecule has 0 fully saturated rings. The third-order valence-corrected chi connectivity index (χ3v) is 16.1. The summed E-state index contributed by atoms with van der Waals surface area (Å²) in [5.74, 6) is 0. The maximum absolute atomic E-state index is 2.63. The monoisotopic (exact) mass is 665 g/mol. The molecule has 3 aliphatic rings. The van der Waals surface area contributed by atoms with Crippen molar-refractivity contribution in [2.75, 3.05) is 4.90 Å². The van der Waals surface area contributed by atoms with E-state index < -0.39 is 10.0 Å². The molecule has 0 aromatic heterocycles. The van der Waals surface area contributed by atoms with Gasteiger partial charge in [0.15, 0.2) is 0 Å². The molecule has 2 aliphatic carbocycles. The molecule has 0 spiro atoms. The number of anilines is 2. The fourth-order valence-corrected chi connectivity index (χ4v) is 14.6. The Morgan fingerprint density at radius 2 is 1.04 bits per heavy atom. The fraction of sp³-hybridized carbons (Fsp3) is 0.167. The van der Waals surface area contributed by atoms with E-state index in [0.29, 0.717) is 6.04 Å². The molecule has 0 N–H and O–H groups in total. The average Bonchev–Trinajstić information content (AvgIpc) is 3.69. The molecule has 2 heteroatoms. The second-order valence-corrected chi connectivity index (χ2v) is 17.5. The molecule has 0 bridgehead atoms. The normalized spacial score (nSPS) is 19.7. The van der Waals surface area contributed by atoms with Crippen LogP contribution in [0.5, 0.6) is 0 Å². The molecule has 246 valence electrons. The van der Waals surface area contributed by atoms with Crippen LogP contribution in [-0.4, -0.2) is 6.04 Å². The zero-order valence-corrected chi connectivity index (χ0v) is 29.9. The summed E-state index contributed by atoms with van der Waals surface area (Å²) in [6, 6.07) is 57.6. The number of hydrogen-bond acceptors (Lipinski definition) is 1. The molecule has 1 nitrogen and oxygen atoms in total. The highest BCUT2D eigenvalue weighted by atomic mass is 32.3. The Morgan fingerprint density at radius 3 is 1.70 bits per heavy atom. The van der Waals surface area contributed by atoms with Crippen LogP contribution in [0.4, 0.5) is 11.4 Å². The van der Waals surface area contributed by atoms with Crippen molar-refractivity contribution in [1.29, 1.82) is 0 Å². The SMILES string of the molecule is CC1=Cc2c(-c3ccccc3)cccc2C1S(c1ccccc1)(c1ccccc1)C1C(C)=Cc2c1cccc2N1c2ccccc2CCC1C. The highest BCUT2D eigenvalue weighted by molar-refractivity contribution is 8.34. The lowest BCUT2D eigenvalue weighted by atomic mass is 9.94. The van der Waals surface area contributed by atoms with Gasteiger partial charge in [0.25, 0.3) is 0 Å². The molecule has 3 atom stereocenters. The van der Waals surface area contributed by atoms with Crippen molar-refractivity contribution in [1.82, 2.24) is 0 Å². The van der Waals surface area contributed by atoms with Crippen LogP contribution in [-0.2, 0) is 6.42 Å². The quantitative estimate of drug-likeness (QED) is 0.171. The first-order chi connectivity index (χ1) is 24.6. The van der Waals surface area contributed by atoms with Crippen molar-refractivity contribution in [3.63, 3.8) is 0 Å². The van der Waals surface area contributed by atoms with Gasteiger partial charge in [-0.25, -0.2) is 0 Å². The predicted molar refractivity (Wildman–Crippen MR) is 214 cm³/mol. The first-order valence-electron chi connectivity index (χ1n) is 18.0. The van der Waals surface area contributed by atoms with Crippen LogP contribution in [0.2, 0.25) is 0 Å². The van der Waals surface area contributed by atoms with Gasteiger partial charge in [-0.2, -0.15) is 10.0 Å². The minimum atomic E-state index is -1.81. The maximum atomic E-state index is 2.63. The first kappa shape index (κ1) is 31.0. The summed E-state index contributed by atoms with van der Waals surface area (Å²) < 4.78 is 0. The molecule has 6 aromatic carbocycles. The largest absolute Gasteiger partial charge is 0.338 e. The molecule has 3 unspecified atom stereocenters. The van der Waals surface area contributed by atoms with Gasteiger partial charge in [-0.15, -0.1) is 0 Å². The molecule has 50 heavy (non-hydrogen) atoms. The summed E-state index contributed by atoms with van der Waals surface area (Å²) in [6.45, 7) is 7.20. The van der Waals surface area contributed by atoms with Crippen LogP contribution >= 0.6 is 10.0 Å². The third kappa shape index (κ3) is 4.69. The van der Waals surface area contributed by atoms with Gasteiger partial charge in [0.1, 0.15) is 0 Å². The van der Waals surface area contributed by atoms with Crippen molar-refractivity contribution in [3.8, 4) is 11.1 Å². The van der Waals surface area contributed by atoms with E-state index in [0.717, 1.165) is 12.8 Å². The smallest absolute Gasteiger partial charge is 0.0490 e. The summed E-state index contributed by atoms with van der Waals surface area (Å²) in [4.78, 5) is 5.51. The zero-order chi connectivity index (χ0) is 33.8. The summed E-state index contributed by atoms with van der Waals surface area (Å²) in [5.41, 5.74) is 15.3. The number of fused-ring (bicyclic) bond motifs is 3. The summed E-state index contributed by atoms with van der Waals surface area (Å²) in [7, 11) is -1.81. The van der Waals surface area contributed by atoms with E-state index in [2.05, 4.69) is 189 Å². The van der Waals surface area contributed by atoms with E-state index in [1.165, 1.54) is 71.3 Å². The van der Waals surface area contributed by atoms with Gasteiger partial charge < -0.3 is 4.90 Å². The molecule has 1 aliphatic heterocycles. The maximum Gasteiger partial charge on any atom is 0.0490 e. The summed E-state index contributed by atoms with van der Waals surface area (Å²) in [6.07, 6.45) is 7.34. The van der Waals surface area contributed by atoms with E-state index >= 15 is 0 Å². The summed E-state index contributed by atoms with van der Waals surface area (Å²) >= 11 is 0. The molecule has 0 amide bonds. The Kier molecular flexibility index (Phi) is 7.66. The Morgan fingerprint density at radius 1 is 0.520 bits per heavy atom. The third-order valence-electron chi connectivity index (χ3n) is 11.3. The van der Waals surface area contributed by atoms with Gasteiger partial charge in [0.05, 0.1) is 0 Å². The van der Waals surface area contributed by atoms with Gasteiger partial charge in [-0.3, -0.25) is 0 Å². The Bertz CT molecular complexity index is 2230. The predicted octanol–water partition coefficient (Wildman–Crippen LogP) is 13.4. The molecular weight excluding hydrogens is 623 g/mol. The van der Waals surface area contributed by atoms with Crippen molar-refractivity contribution >= 4 is 33.6 Å².